The lowest BCUT2D eigenvalue weighted by atomic mass is 10.2. The number of anilines is 1. The van der Waals surface area contributed by atoms with Crippen LogP contribution in [0, 0.1) is 0 Å². The predicted octanol–water partition coefficient (Wildman–Crippen LogP) is 0.0588. The molecule has 1 unspecified atom stereocenters. The van der Waals surface area contributed by atoms with Crippen LogP contribution in [0.1, 0.15) is 5.69 Å². The van der Waals surface area contributed by atoms with Crippen LogP contribution in [-0.4, -0.2) is 43.8 Å². The van der Waals surface area contributed by atoms with Crippen molar-refractivity contribution in [2.45, 2.75) is 12.5 Å². The van der Waals surface area contributed by atoms with Crippen LogP contribution >= 0.6 is 0 Å². The summed E-state index contributed by atoms with van der Waals surface area (Å²) >= 11 is 0. The molecule has 84 valence electrons. The van der Waals surface area contributed by atoms with Gasteiger partial charge in [0.25, 0.3) is 0 Å². The fourth-order valence-electron chi connectivity index (χ4n) is 1.26. The van der Waals surface area contributed by atoms with Gasteiger partial charge in [-0.15, -0.1) is 0 Å². The molecule has 1 rings (SSSR count). The Hall–Kier alpha value is -1.20. The molecule has 0 radical (unpaired) electrons. The first-order valence-electron chi connectivity index (χ1n) is 4.87. The molecule has 0 aliphatic carbocycles. The second kappa shape index (κ2) is 5.63. The van der Waals surface area contributed by atoms with Crippen molar-refractivity contribution < 1.29 is 4.74 Å². The van der Waals surface area contributed by atoms with Gasteiger partial charge in [-0.25, -0.2) is 9.97 Å². The Balaban J connectivity index is 2.65. The van der Waals surface area contributed by atoms with Crippen molar-refractivity contribution in [2.75, 3.05) is 32.7 Å². The summed E-state index contributed by atoms with van der Waals surface area (Å²) in [4.78, 5) is 10.4. The van der Waals surface area contributed by atoms with E-state index < -0.39 is 0 Å². The largest absolute Gasteiger partial charge is 0.383 e. The molecule has 1 aromatic rings. The van der Waals surface area contributed by atoms with E-state index in [0.29, 0.717) is 19.0 Å². The summed E-state index contributed by atoms with van der Waals surface area (Å²) in [5.41, 5.74) is 6.79. The zero-order valence-corrected chi connectivity index (χ0v) is 9.47. The smallest absolute Gasteiger partial charge is 0.224 e. The Kier molecular flexibility index (Phi) is 4.45. The molecular weight excluding hydrogens is 192 g/mol. The van der Waals surface area contributed by atoms with Gasteiger partial charge < -0.3 is 15.4 Å². The van der Waals surface area contributed by atoms with Crippen molar-refractivity contribution in [3.05, 3.63) is 18.0 Å². The fourth-order valence-corrected chi connectivity index (χ4v) is 1.26. The molecule has 0 aliphatic heterocycles. The van der Waals surface area contributed by atoms with Gasteiger partial charge in [0.2, 0.25) is 5.95 Å². The predicted molar refractivity (Wildman–Crippen MR) is 59.9 cm³/mol. The van der Waals surface area contributed by atoms with Gasteiger partial charge in [0, 0.05) is 45.6 Å². The number of nitrogens with two attached hydrogens (primary N) is 1. The van der Waals surface area contributed by atoms with E-state index in [0.717, 1.165) is 5.69 Å². The molecule has 1 atom stereocenters. The molecule has 2 N–H and O–H groups in total. The van der Waals surface area contributed by atoms with E-state index in [-0.39, 0.29) is 6.04 Å². The lowest BCUT2D eigenvalue weighted by Gasteiger charge is -2.13. The number of aromatic nitrogens is 2. The van der Waals surface area contributed by atoms with Crippen LogP contribution in [-0.2, 0) is 11.2 Å². The van der Waals surface area contributed by atoms with Crippen molar-refractivity contribution in [1.82, 2.24) is 9.97 Å². The molecule has 5 heteroatoms. The fraction of sp³-hybridized carbons (Fsp3) is 0.600. The minimum absolute atomic E-state index is 0.0140. The maximum absolute atomic E-state index is 5.84. The minimum atomic E-state index is -0.0140. The zero-order chi connectivity index (χ0) is 11.3. The Morgan fingerprint density at radius 1 is 1.53 bits per heavy atom. The first-order valence-corrected chi connectivity index (χ1v) is 4.87. The van der Waals surface area contributed by atoms with Crippen LogP contribution in [0.25, 0.3) is 0 Å². The number of nitrogens with zero attached hydrogens (tertiary/aromatic N) is 3. The molecule has 0 aromatic carbocycles. The lowest BCUT2D eigenvalue weighted by Crippen LogP contribution is -2.28. The molecule has 0 saturated carbocycles. The SMILES string of the molecule is COCC(N)Cc1ccnc(N(C)C)n1. The van der Waals surface area contributed by atoms with Gasteiger partial charge >= 0.3 is 0 Å². The topological polar surface area (TPSA) is 64.3 Å². The van der Waals surface area contributed by atoms with Crippen LogP contribution < -0.4 is 10.6 Å². The number of ether oxygens (including phenoxy) is 1. The van der Waals surface area contributed by atoms with Crippen molar-refractivity contribution in [1.29, 1.82) is 0 Å². The van der Waals surface area contributed by atoms with Gasteiger partial charge in [0.15, 0.2) is 0 Å². The molecule has 15 heavy (non-hydrogen) atoms. The highest BCUT2D eigenvalue weighted by atomic mass is 16.5. The van der Waals surface area contributed by atoms with Gasteiger partial charge in [-0.3, -0.25) is 0 Å². The monoisotopic (exact) mass is 210 g/mol. The molecule has 0 aliphatic rings. The van der Waals surface area contributed by atoms with Gasteiger partial charge in [0.05, 0.1) is 6.61 Å². The molecule has 0 saturated heterocycles. The third kappa shape index (κ3) is 3.81. The highest BCUT2D eigenvalue weighted by Crippen LogP contribution is 2.05. The highest BCUT2D eigenvalue weighted by molar-refractivity contribution is 5.27. The van der Waals surface area contributed by atoms with E-state index >= 15 is 0 Å². The normalized spacial score (nSPS) is 12.5. The van der Waals surface area contributed by atoms with Crippen molar-refractivity contribution >= 4 is 5.95 Å². The molecule has 5 nitrogen and oxygen atoms in total. The summed E-state index contributed by atoms with van der Waals surface area (Å²) < 4.78 is 4.97. The summed E-state index contributed by atoms with van der Waals surface area (Å²) in [7, 11) is 5.47. The summed E-state index contributed by atoms with van der Waals surface area (Å²) in [6.07, 6.45) is 2.45. The summed E-state index contributed by atoms with van der Waals surface area (Å²) in [5, 5.41) is 0. The van der Waals surface area contributed by atoms with Crippen LogP contribution in [0.15, 0.2) is 12.3 Å². The molecule has 1 heterocycles. The Labute approximate surface area is 90.3 Å². The molecule has 0 amide bonds. The Bertz CT molecular complexity index is 303. The van der Waals surface area contributed by atoms with Gasteiger partial charge in [-0.05, 0) is 6.07 Å². The van der Waals surface area contributed by atoms with Crippen LogP contribution in [0.2, 0.25) is 0 Å². The number of hydrogen-bond donors (Lipinski definition) is 1. The summed E-state index contributed by atoms with van der Waals surface area (Å²) in [6, 6.07) is 1.86. The average Bonchev–Trinajstić information content (AvgIpc) is 2.18. The third-order valence-corrected chi connectivity index (χ3v) is 1.95. The maximum Gasteiger partial charge on any atom is 0.224 e. The van der Waals surface area contributed by atoms with E-state index in [4.69, 9.17) is 10.5 Å². The molecule has 0 fully saturated rings. The number of methoxy groups -OCH3 is 1. The van der Waals surface area contributed by atoms with E-state index in [9.17, 15) is 0 Å². The Morgan fingerprint density at radius 3 is 2.87 bits per heavy atom. The van der Waals surface area contributed by atoms with E-state index in [1.165, 1.54) is 0 Å². The van der Waals surface area contributed by atoms with E-state index in [1.807, 2.05) is 25.1 Å². The van der Waals surface area contributed by atoms with Crippen LogP contribution in [0.5, 0.6) is 0 Å². The van der Waals surface area contributed by atoms with Gasteiger partial charge in [0.1, 0.15) is 0 Å². The number of rotatable bonds is 5. The summed E-state index contributed by atoms with van der Waals surface area (Å²) in [5.74, 6) is 0.706. The standard InChI is InChI=1S/C10H18N4O/c1-14(2)10-12-5-4-9(13-10)6-8(11)7-15-3/h4-5,8H,6-7,11H2,1-3H3. The first kappa shape index (κ1) is 11.9. The van der Waals surface area contributed by atoms with Gasteiger partial charge in [-0.1, -0.05) is 0 Å². The van der Waals surface area contributed by atoms with Crippen LogP contribution in [0.3, 0.4) is 0 Å². The van der Waals surface area contributed by atoms with Crippen LogP contribution in [0.4, 0.5) is 5.95 Å². The maximum atomic E-state index is 5.84. The Morgan fingerprint density at radius 2 is 2.27 bits per heavy atom. The zero-order valence-electron chi connectivity index (χ0n) is 9.47. The van der Waals surface area contributed by atoms with Gasteiger partial charge in [-0.2, -0.15) is 0 Å². The van der Waals surface area contributed by atoms with Crippen molar-refractivity contribution in [3.63, 3.8) is 0 Å². The third-order valence-electron chi connectivity index (χ3n) is 1.95. The van der Waals surface area contributed by atoms with E-state index in [2.05, 4.69) is 9.97 Å². The van der Waals surface area contributed by atoms with Crippen molar-refractivity contribution in [3.8, 4) is 0 Å². The highest BCUT2D eigenvalue weighted by Gasteiger charge is 2.06. The second-order valence-corrected chi connectivity index (χ2v) is 3.66. The van der Waals surface area contributed by atoms with E-state index in [1.54, 1.807) is 13.3 Å². The lowest BCUT2D eigenvalue weighted by molar-refractivity contribution is 0.179. The minimum Gasteiger partial charge on any atom is -0.383 e. The second-order valence-electron chi connectivity index (χ2n) is 3.66. The molecular formula is C10H18N4O. The molecule has 0 spiro atoms. The average molecular weight is 210 g/mol. The summed E-state index contributed by atoms with van der Waals surface area (Å²) in [6.45, 7) is 0.543. The number of hydrogen-bond acceptors (Lipinski definition) is 5. The first-order chi connectivity index (χ1) is 7.13. The molecule has 0 bridgehead atoms. The van der Waals surface area contributed by atoms with Crippen molar-refractivity contribution in [2.24, 2.45) is 5.73 Å². The quantitative estimate of drug-likeness (QED) is 0.744. The molecule has 1 aromatic heterocycles.